The second kappa shape index (κ2) is 6.89. The number of aliphatic hydroxyl groups is 1. The van der Waals surface area contributed by atoms with Crippen LogP contribution in [-0.4, -0.2) is 22.3 Å². The largest absolute Gasteiger partial charge is 0.481 e. The Morgan fingerprint density at radius 3 is 2.44 bits per heavy atom. The average Bonchev–Trinajstić information content (AvgIpc) is 2.95. The summed E-state index contributed by atoms with van der Waals surface area (Å²) in [7, 11) is 0. The molecule has 0 spiro atoms. The van der Waals surface area contributed by atoms with Gasteiger partial charge < -0.3 is 10.2 Å². The first-order valence-electron chi connectivity index (χ1n) is 6.51. The molecular formula is C13H24O3. The van der Waals surface area contributed by atoms with Gasteiger partial charge in [0, 0.05) is 6.42 Å². The molecule has 1 saturated carbocycles. The Morgan fingerprint density at radius 2 is 1.88 bits per heavy atom. The Bertz CT molecular complexity index is 213. The van der Waals surface area contributed by atoms with E-state index >= 15 is 0 Å². The zero-order valence-corrected chi connectivity index (χ0v) is 10.2. The second-order valence-corrected chi connectivity index (χ2v) is 5.10. The minimum absolute atomic E-state index is 0.124. The number of rotatable bonds is 9. The molecule has 0 saturated heterocycles. The molecule has 0 amide bonds. The van der Waals surface area contributed by atoms with E-state index in [9.17, 15) is 9.90 Å². The fourth-order valence-corrected chi connectivity index (χ4v) is 2.41. The van der Waals surface area contributed by atoms with Crippen molar-refractivity contribution in [3.63, 3.8) is 0 Å². The number of carboxylic acids is 1. The standard InChI is InChI=1S/C13H24O3/c1-10(14)12-9-11(12)7-5-3-2-4-6-8-13(15)16/h10-12,14H,2-9H2,1H3,(H,15,16)/t10?,11-,12+/m0/s1. The molecule has 1 fully saturated rings. The Kier molecular flexibility index (Phi) is 5.81. The van der Waals surface area contributed by atoms with Gasteiger partial charge in [-0.3, -0.25) is 4.79 Å². The van der Waals surface area contributed by atoms with E-state index in [1.807, 2.05) is 6.92 Å². The second-order valence-electron chi connectivity index (χ2n) is 5.10. The summed E-state index contributed by atoms with van der Waals surface area (Å²) in [5.74, 6) is 0.642. The zero-order valence-electron chi connectivity index (χ0n) is 10.2. The molecule has 1 unspecified atom stereocenters. The van der Waals surface area contributed by atoms with Crippen LogP contribution in [0.5, 0.6) is 0 Å². The summed E-state index contributed by atoms with van der Waals surface area (Å²) in [6.07, 6.45) is 8.09. The van der Waals surface area contributed by atoms with Gasteiger partial charge in [0.1, 0.15) is 0 Å². The van der Waals surface area contributed by atoms with E-state index in [0.29, 0.717) is 12.3 Å². The minimum atomic E-state index is -0.683. The molecule has 1 rings (SSSR count). The number of aliphatic hydroxyl groups excluding tert-OH is 1. The highest BCUT2D eigenvalue weighted by atomic mass is 16.4. The summed E-state index contributed by atoms with van der Waals surface area (Å²) in [4.78, 5) is 10.3. The van der Waals surface area contributed by atoms with Crippen molar-refractivity contribution in [3.8, 4) is 0 Å². The van der Waals surface area contributed by atoms with Crippen LogP contribution in [0.25, 0.3) is 0 Å². The van der Waals surface area contributed by atoms with E-state index in [4.69, 9.17) is 5.11 Å². The summed E-state index contributed by atoms with van der Waals surface area (Å²) in [5.41, 5.74) is 0. The van der Waals surface area contributed by atoms with Gasteiger partial charge in [-0.25, -0.2) is 0 Å². The van der Waals surface area contributed by atoms with Gasteiger partial charge in [-0.15, -0.1) is 0 Å². The van der Waals surface area contributed by atoms with Crippen molar-refractivity contribution in [2.45, 2.75) is 64.4 Å². The van der Waals surface area contributed by atoms with Gasteiger partial charge in [0.2, 0.25) is 0 Å². The lowest BCUT2D eigenvalue weighted by atomic mass is 10.1. The Hall–Kier alpha value is -0.570. The van der Waals surface area contributed by atoms with Crippen molar-refractivity contribution < 1.29 is 15.0 Å². The average molecular weight is 228 g/mol. The molecule has 0 aromatic carbocycles. The van der Waals surface area contributed by atoms with Crippen LogP contribution in [-0.2, 0) is 4.79 Å². The molecule has 94 valence electrons. The van der Waals surface area contributed by atoms with Gasteiger partial charge in [0.05, 0.1) is 6.10 Å². The smallest absolute Gasteiger partial charge is 0.303 e. The van der Waals surface area contributed by atoms with Gasteiger partial charge >= 0.3 is 5.97 Å². The lowest BCUT2D eigenvalue weighted by molar-refractivity contribution is -0.137. The van der Waals surface area contributed by atoms with Gasteiger partial charge in [-0.2, -0.15) is 0 Å². The Balaban J connectivity index is 1.81. The summed E-state index contributed by atoms with van der Waals surface area (Å²) in [6.45, 7) is 1.89. The molecule has 2 N–H and O–H groups in total. The quantitative estimate of drug-likeness (QED) is 0.597. The lowest BCUT2D eigenvalue weighted by Gasteiger charge is -2.03. The number of unbranched alkanes of at least 4 members (excludes halogenated alkanes) is 4. The molecule has 0 aliphatic heterocycles. The van der Waals surface area contributed by atoms with Crippen molar-refractivity contribution in [1.29, 1.82) is 0 Å². The van der Waals surface area contributed by atoms with Crippen molar-refractivity contribution in [2.24, 2.45) is 11.8 Å². The number of hydrogen-bond donors (Lipinski definition) is 2. The highest BCUT2D eigenvalue weighted by Crippen LogP contribution is 2.44. The maximum absolute atomic E-state index is 10.3. The van der Waals surface area contributed by atoms with Crippen LogP contribution >= 0.6 is 0 Å². The monoisotopic (exact) mass is 228 g/mol. The summed E-state index contributed by atoms with van der Waals surface area (Å²) in [5, 5.41) is 17.8. The van der Waals surface area contributed by atoms with Crippen molar-refractivity contribution >= 4 is 5.97 Å². The topological polar surface area (TPSA) is 57.5 Å². The normalized spacial score (nSPS) is 25.4. The molecule has 3 atom stereocenters. The van der Waals surface area contributed by atoms with E-state index < -0.39 is 5.97 Å². The van der Waals surface area contributed by atoms with Crippen LogP contribution in [0.1, 0.15) is 58.3 Å². The van der Waals surface area contributed by atoms with Crippen molar-refractivity contribution in [2.75, 3.05) is 0 Å². The highest BCUT2D eigenvalue weighted by Gasteiger charge is 2.39. The predicted octanol–water partition coefficient (Wildman–Crippen LogP) is 2.82. The molecule has 1 aliphatic rings. The van der Waals surface area contributed by atoms with Crippen LogP contribution < -0.4 is 0 Å². The molecule has 0 aromatic rings. The van der Waals surface area contributed by atoms with Gasteiger partial charge in [-0.1, -0.05) is 32.1 Å². The van der Waals surface area contributed by atoms with E-state index in [0.717, 1.165) is 25.2 Å². The SMILES string of the molecule is CC(O)[C@H]1C[C@@H]1CCCCCCCC(=O)O. The van der Waals surface area contributed by atoms with Crippen molar-refractivity contribution in [3.05, 3.63) is 0 Å². The minimum Gasteiger partial charge on any atom is -0.481 e. The molecule has 0 radical (unpaired) electrons. The van der Waals surface area contributed by atoms with Crippen LogP contribution in [0.2, 0.25) is 0 Å². The molecular weight excluding hydrogens is 204 g/mol. The third kappa shape index (κ3) is 5.50. The molecule has 0 heterocycles. The molecule has 3 heteroatoms. The third-order valence-corrected chi connectivity index (χ3v) is 3.56. The fraction of sp³-hybridized carbons (Fsp3) is 0.923. The van der Waals surface area contributed by atoms with Gasteiger partial charge in [0.15, 0.2) is 0 Å². The van der Waals surface area contributed by atoms with Crippen LogP contribution in [0, 0.1) is 11.8 Å². The lowest BCUT2D eigenvalue weighted by Crippen LogP contribution is -2.03. The first-order chi connectivity index (χ1) is 7.61. The highest BCUT2D eigenvalue weighted by molar-refractivity contribution is 5.66. The van der Waals surface area contributed by atoms with Crippen LogP contribution in [0.4, 0.5) is 0 Å². The molecule has 0 aromatic heterocycles. The summed E-state index contributed by atoms with van der Waals surface area (Å²) >= 11 is 0. The zero-order chi connectivity index (χ0) is 12.0. The first-order valence-corrected chi connectivity index (χ1v) is 6.51. The summed E-state index contributed by atoms with van der Waals surface area (Å²) < 4.78 is 0. The summed E-state index contributed by atoms with van der Waals surface area (Å²) in [6, 6.07) is 0. The van der Waals surface area contributed by atoms with Gasteiger partial charge in [-0.05, 0) is 31.6 Å². The first kappa shape index (κ1) is 13.5. The van der Waals surface area contributed by atoms with Crippen molar-refractivity contribution in [1.82, 2.24) is 0 Å². The van der Waals surface area contributed by atoms with Crippen LogP contribution in [0.3, 0.4) is 0 Å². The molecule has 16 heavy (non-hydrogen) atoms. The maximum Gasteiger partial charge on any atom is 0.303 e. The number of carboxylic acid groups (broad SMARTS) is 1. The predicted molar refractivity (Wildman–Crippen MR) is 63.2 cm³/mol. The van der Waals surface area contributed by atoms with Crippen LogP contribution in [0.15, 0.2) is 0 Å². The molecule has 0 bridgehead atoms. The van der Waals surface area contributed by atoms with E-state index in [1.165, 1.54) is 25.7 Å². The molecule has 3 nitrogen and oxygen atoms in total. The third-order valence-electron chi connectivity index (χ3n) is 3.56. The number of carbonyl (C=O) groups is 1. The number of hydrogen-bond acceptors (Lipinski definition) is 2. The molecule has 1 aliphatic carbocycles. The number of aliphatic carboxylic acids is 1. The maximum atomic E-state index is 10.3. The van der Waals surface area contributed by atoms with Gasteiger partial charge in [0.25, 0.3) is 0 Å². The van der Waals surface area contributed by atoms with E-state index in [-0.39, 0.29) is 6.10 Å². The Morgan fingerprint density at radius 1 is 1.25 bits per heavy atom. The van der Waals surface area contributed by atoms with E-state index in [1.54, 1.807) is 0 Å². The Labute approximate surface area is 97.9 Å². The fourth-order valence-electron chi connectivity index (χ4n) is 2.41. The van der Waals surface area contributed by atoms with E-state index in [2.05, 4.69) is 0 Å².